The van der Waals surface area contributed by atoms with E-state index in [0.717, 1.165) is 6.07 Å². The molecule has 0 unspecified atom stereocenters. The van der Waals surface area contributed by atoms with Gasteiger partial charge in [0.2, 0.25) is 5.91 Å². The molecular formula is C14H13F3N2O4. The maximum atomic E-state index is 12.3. The molecule has 6 nitrogen and oxygen atoms in total. The summed E-state index contributed by atoms with van der Waals surface area (Å²) in [7, 11) is 0. The number of alkyl halides is 3. The van der Waals surface area contributed by atoms with Gasteiger partial charge in [0, 0.05) is 12.1 Å². The molecule has 1 heterocycles. The van der Waals surface area contributed by atoms with Gasteiger partial charge in [-0.05, 0) is 24.6 Å². The SMILES string of the molecule is O=C(O)c1cccc(C(=O)N[C@H]2CCN(CC(F)(F)F)C2=O)c1. The zero-order chi connectivity index (χ0) is 17.2. The largest absolute Gasteiger partial charge is 0.478 e. The summed E-state index contributed by atoms with van der Waals surface area (Å²) in [5, 5.41) is 11.2. The number of carboxylic acids is 1. The highest BCUT2D eigenvalue weighted by Gasteiger charge is 2.39. The van der Waals surface area contributed by atoms with Crippen molar-refractivity contribution in [3.63, 3.8) is 0 Å². The summed E-state index contributed by atoms with van der Waals surface area (Å²) in [6.07, 6.45) is -4.43. The fourth-order valence-electron chi connectivity index (χ4n) is 2.28. The molecule has 1 aromatic rings. The van der Waals surface area contributed by atoms with Crippen LogP contribution in [0.15, 0.2) is 24.3 Å². The molecule has 0 aromatic heterocycles. The Labute approximate surface area is 128 Å². The third-order valence-electron chi connectivity index (χ3n) is 3.34. The van der Waals surface area contributed by atoms with E-state index in [2.05, 4.69) is 5.32 Å². The highest BCUT2D eigenvalue weighted by Crippen LogP contribution is 2.21. The molecule has 1 fully saturated rings. The first-order valence-electron chi connectivity index (χ1n) is 6.67. The summed E-state index contributed by atoms with van der Waals surface area (Å²) in [5.74, 6) is -2.72. The van der Waals surface area contributed by atoms with E-state index in [-0.39, 0.29) is 24.1 Å². The van der Waals surface area contributed by atoms with Gasteiger partial charge >= 0.3 is 12.1 Å². The van der Waals surface area contributed by atoms with Gasteiger partial charge in [-0.3, -0.25) is 9.59 Å². The molecule has 0 spiro atoms. The van der Waals surface area contributed by atoms with Crippen LogP contribution in [0.3, 0.4) is 0 Å². The van der Waals surface area contributed by atoms with E-state index in [1.54, 1.807) is 0 Å². The molecule has 2 rings (SSSR count). The van der Waals surface area contributed by atoms with Crippen molar-refractivity contribution in [2.75, 3.05) is 13.1 Å². The summed E-state index contributed by atoms with van der Waals surface area (Å²) < 4.78 is 37.0. The minimum absolute atomic E-state index is 0.0203. The van der Waals surface area contributed by atoms with Crippen molar-refractivity contribution in [2.45, 2.75) is 18.6 Å². The van der Waals surface area contributed by atoms with E-state index in [1.807, 2.05) is 0 Å². The maximum Gasteiger partial charge on any atom is 0.406 e. The second kappa shape index (κ2) is 6.27. The molecule has 0 radical (unpaired) electrons. The number of aromatic carboxylic acids is 1. The van der Waals surface area contributed by atoms with Crippen molar-refractivity contribution >= 4 is 17.8 Å². The van der Waals surface area contributed by atoms with Gasteiger partial charge in [0.15, 0.2) is 0 Å². The summed E-state index contributed by atoms with van der Waals surface area (Å²) in [4.78, 5) is 35.3. The van der Waals surface area contributed by atoms with Crippen LogP contribution >= 0.6 is 0 Å². The third-order valence-corrected chi connectivity index (χ3v) is 3.34. The number of carboxylic acid groups (broad SMARTS) is 1. The first-order chi connectivity index (χ1) is 10.7. The van der Waals surface area contributed by atoms with E-state index >= 15 is 0 Å². The third kappa shape index (κ3) is 4.21. The minimum atomic E-state index is -4.50. The Bertz CT molecular complexity index is 645. The molecular weight excluding hydrogens is 317 g/mol. The van der Waals surface area contributed by atoms with Crippen molar-refractivity contribution in [1.82, 2.24) is 10.2 Å². The van der Waals surface area contributed by atoms with Crippen LogP contribution in [-0.4, -0.2) is 53.1 Å². The number of carbonyl (C=O) groups is 3. The summed E-state index contributed by atoms with van der Waals surface area (Å²) in [6, 6.07) is 4.10. The van der Waals surface area contributed by atoms with Crippen LogP contribution in [-0.2, 0) is 4.79 Å². The van der Waals surface area contributed by atoms with Crippen molar-refractivity contribution in [3.8, 4) is 0 Å². The monoisotopic (exact) mass is 330 g/mol. The van der Waals surface area contributed by atoms with Crippen LogP contribution in [0.2, 0.25) is 0 Å². The van der Waals surface area contributed by atoms with Crippen LogP contribution in [0.4, 0.5) is 13.2 Å². The van der Waals surface area contributed by atoms with Gasteiger partial charge in [-0.2, -0.15) is 13.2 Å². The predicted octanol–water partition coefficient (Wildman–Crippen LogP) is 1.28. The number of benzene rings is 1. The average Bonchev–Trinajstić information content (AvgIpc) is 2.78. The molecule has 2 amide bonds. The number of nitrogens with one attached hydrogen (secondary N) is 1. The normalized spacial score (nSPS) is 18.1. The number of carbonyl (C=O) groups excluding carboxylic acids is 2. The van der Waals surface area contributed by atoms with E-state index in [9.17, 15) is 27.6 Å². The fourth-order valence-corrected chi connectivity index (χ4v) is 2.28. The number of amides is 2. The molecule has 1 atom stereocenters. The van der Waals surface area contributed by atoms with E-state index in [1.165, 1.54) is 18.2 Å². The Morgan fingerprint density at radius 1 is 1.30 bits per heavy atom. The van der Waals surface area contributed by atoms with E-state index in [4.69, 9.17) is 5.11 Å². The Morgan fingerprint density at radius 3 is 2.57 bits per heavy atom. The van der Waals surface area contributed by atoms with Crippen LogP contribution in [0.1, 0.15) is 27.1 Å². The molecule has 0 bridgehead atoms. The Kier molecular flexibility index (Phi) is 4.57. The summed E-state index contributed by atoms with van der Waals surface area (Å²) >= 11 is 0. The lowest BCUT2D eigenvalue weighted by Crippen LogP contribution is -2.43. The van der Waals surface area contributed by atoms with Crippen molar-refractivity contribution in [3.05, 3.63) is 35.4 Å². The van der Waals surface area contributed by atoms with E-state index in [0.29, 0.717) is 4.90 Å². The summed E-state index contributed by atoms with van der Waals surface area (Å²) in [5.41, 5.74) is -0.0823. The van der Waals surface area contributed by atoms with Crippen LogP contribution in [0.5, 0.6) is 0 Å². The lowest BCUT2D eigenvalue weighted by Gasteiger charge is -2.18. The molecule has 1 aromatic carbocycles. The second-order valence-corrected chi connectivity index (χ2v) is 5.08. The van der Waals surface area contributed by atoms with Crippen molar-refractivity contribution in [1.29, 1.82) is 0 Å². The second-order valence-electron chi connectivity index (χ2n) is 5.08. The lowest BCUT2D eigenvalue weighted by atomic mass is 10.1. The zero-order valence-corrected chi connectivity index (χ0v) is 11.8. The minimum Gasteiger partial charge on any atom is -0.478 e. The van der Waals surface area contributed by atoms with Gasteiger partial charge in [-0.15, -0.1) is 0 Å². The maximum absolute atomic E-state index is 12.3. The smallest absolute Gasteiger partial charge is 0.406 e. The van der Waals surface area contributed by atoms with E-state index < -0.39 is 36.5 Å². The molecule has 23 heavy (non-hydrogen) atoms. The van der Waals surface area contributed by atoms with Crippen molar-refractivity contribution < 1.29 is 32.7 Å². The number of nitrogens with zero attached hydrogens (tertiary/aromatic N) is 1. The number of rotatable bonds is 4. The van der Waals surface area contributed by atoms with Gasteiger partial charge in [0.25, 0.3) is 5.91 Å². The predicted molar refractivity (Wildman–Crippen MR) is 71.9 cm³/mol. The fraction of sp³-hybridized carbons (Fsp3) is 0.357. The van der Waals surface area contributed by atoms with Crippen LogP contribution < -0.4 is 5.32 Å². The molecule has 1 saturated heterocycles. The number of halogens is 3. The molecule has 2 N–H and O–H groups in total. The highest BCUT2D eigenvalue weighted by atomic mass is 19.4. The number of hydrogen-bond acceptors (Lipinski definition) is 3. The molecule has 1 aliphatic heterocycles. The zero-order valence-electron chi connectivity index (χ0n) is 11.8. The average molecular weight is 330 g/mol. The first-order valence-corrected chi connectivity index (χ1v) is 6.67. The summed E-state index contributed by atoms with van der Waals surface area (Å²) in [6.45, 7) is -1.45. The van der Waals surface area contributed by atoms with Crippen LogP contribution in [0.25, 0.3) is 0 Å². The molecule has 0 saturated carbocycles. The molecule has 124 valence electrons. The Hall–Kier alpha value is -2.58. The highest BCUT2D eigenvalue weighted by molar-refractivity contribution is 6.00. The van der Waals surface area contributed by atoms with Gasteiger partial charge in [-0.1, -0.05) is 6.07 Å². The molecule has 0 aliphatic carbocycles. The number of hydrogen-bond donors (Lipinski definition) is 2. The number of likely N-dealkylation sites (tertiary alicyclic amines) is 1. The van der Waals surface area contributed by atoms with Crippen LogP contribution in [0, 0.1) is 0 Å². The Morgan fingerprint density at radius 2 is 1.96 bits per heavy atom. The van der Waals surface area contributed by atoms with Gasteiger partial charge in [0.05, 0.1) is 5.56 Å². The first kappa shape index (κ1) is 16.8. The van der Waals surface area contributed by atoms with Crippen molar-refractivity contribution in [2.24, 2.45) is 0 Å². The molecule has 9 heteroatoms. The van der Waals surface area contributed by atoms with Gasteiger partial charge < -0.3 is 15.3 Å². The molecule has 1 aliphatic rings. The quantitative estimate of drug-likeness (QED) is 0.871. The lowest BCUT2D eigenvalue weighted by molar-refractivity contribution is -0.157. The standard InChI is InChI=1S/C14H13F3N2O4/c15-14(16,17)7-19-5-4-10(12(19)21)18-11(20)8-2-1-3-9(6-8)13(22)23/h1-3,6,10H,4-5,7H2,(H,18,20)(H,22,23)/t10-/m0/s1. The van der Waals surface area contributed by atoms with Gasteiger partial charge in [-0.25, -0.2) is 4.79 Å². The Balaban J connectivity index is 2.02. The van der Waals surface area contributed by atoms with Gasteiger partial charge in [0.1, 0.15) is 12.6 Å². The topological polar surface area (TPSA) is 86.7 Å².